The van der Waals surface area contributed by atoms with Crippen molar-refractivity contribution in [1.29, 1.82) is 0 Å². The van der Waals surface area contributed by atoms with Crippen LogP contribution in [0, 0.1) is 20.8 Å². The third kappa shape index (κ3) is 4.71. The number of anilines is 1. The summed E-state index contributed by atoms with van der Waals surface area (Å²) in [7, 11) is 0. The normalized spacial score (nSPS) is 10.4. The summed E-state index contributed by atoms with van der Waals surface area (Å²) in [6.07, 6.45) is 0. The Labute approximate surface area is 161 Å². The van der Waals surface area contributed by atoms with Gasteiger partial charge in [0, 0.05) is 5.69 Å². The average Bonchev–Trinajstić information content (AvgIpc) is 2.90. The molecule has 2 aromatic heterocycles. The molecule has 2 aromatic rings. The van der Waals surface area contributed by atoms with E-state index in [1.165, 1.54) is 0 Å². The third-order valence-corrected chi connectivity index (χ3v) is 4.83. The Balaban J connectivity index is 2.44. The van der Waals surface area contributed by atoms with Crippen molar-refractivity contribution in [3.8, 4) is 0 Å². The average molecular weight is 390 g/mol. The number of aryl methyl sites for hydroxylation is 2. The van der Waals surface area contributed by atoms with Gasteiger partial charge in [-0.05, 0) is 57.9 Å². The second-order valence-electron chi connectivity index (χ2n) is 5.83. The summed E-state index contributed by atoms with van der Waals surface area (Å²) in [6, 6.07) is 3.51. The molecule has 1 N–H and O–H groups in total. The van der Waals surface area contributed by atoms with Gasteiger partial charge in [-0.25, -0.2) is 14.6 Å². The lowest BCUT2D eigenvalue weighted by Gasteiger charge is -2.08. The summed E-state index contributed by atoms with van der Waals surface area (Å²) in [6.45, 7) is 9.05. The van der Waals surface area contributed by atoms with Crippen molar-refractivity contribution in [3.63, 3.8) is 0 Å². The van der Waals surface area contributed by atoms with E-state index in [0.29, 0.717) is 11.3 Å². The minimum Gasteiger partial charge on any atom is -0.462 e. The number of pyridine rings is 1. The molecule has 0 atom stereocenters. The van der Waals surface area contributed by atoms with Crippen molar-refractivity contribution in [2.24, 2.45) is 0 Å². The lowest BCUT2D eigenvalue weighted by molar-refractivity contribution is 0.0527. The van der Waals surface area contributed by atoms with E-state index >= 15 is 0 Å². The highest BCUT2D eigenvalue weighted by molar-refractivity contribution is 7.18. The summed E-state index contributed by atoms with van der Waals surface area (Å²) in [5, 5.41) is 2.92. The number of amides is 1. The fourth-order valence-electron chi connectivity index (χ4n) is 2.57. The molecule has 0 saturated carbocycles. The van der Waals surface area contributed by atoms with Crippen molar-refractivity contribution in [2.75, 3.05) is 18.5 Å². The molecule has 0 aromatic carbocycles. The number of hydrogen-bond donors (Lipinski definition) is 1. The minimum absolute atomic E-state index is 0.155. The number of hydrogen-bond acceptors (Lipinski definition) is 7. The Kier molecular flexibility index (Phi) is 6.68. The van der Waals surface area contributed by atoms with Crippen LogP contribution in [0.2, 0.25) is 0 Å². The van der Waals surface area contributed by atoms with E-state index in [-0.39, 0.29) is 34.3 Å². The molecular weight excluding hydrogens is 368 g/mol. The topological polar surface area (TPSA) is 94.6 Å². The molecule has 2 heterocycles. The molecule has 0 fully saturated rings. The van der Waals surface area contributed by atoms with Crippen LogP contribution in [0.5, 0.6) is 0 Å². The van der Waals surface area contributed by atoms with Gasteiger partial charge in [-0.15, -0.1) is 11.3 Å². The third-order valence-electron chi connectivity index (χ3n) is 3.64. The Morgan fingerprint density at radius 2 is 1.67 bits per heavy atom. The lowest BCUT2D eigenvalue weighted by atomic mass is 10.1. The van der Waals surface area contributed by atoms with E-state index < -0.39 is 17.8 Å². The van der Waals surface area contributed by atoms with Crippen molar-refractivity contribution >= 4 is 34.2 Å². The van der Waals surface area contributed by atoms with Gasteiger partial charge >= 0.3 is 11.9 Å². The molecule has 0 bridgehead atoms. The molecule has 0 aliphatic heterocycles. The van der Waals surface area contributed by atoms with Crippen LogP contribution >= 0.6 is 11.3 Å². The highest BCUT2D eigenvalue weighted by Gasteiger charge is 2.27. The van der Waals surface area contributed by atoms with Gasteiger partial charge in [0.15, 0.2) is 0 Å². The Morgan fingerprint density at radius 1 is 1.04 bits per heavy atom. The maximum atomic E-state index is 12.6. The first kappa shape index (κ1) is 20.6. The van der Waals surface area contributed by atoms with Gasteiger partial charge < -0.3 is 14.8 Å². The van der Waals surface area contributed by atoms with Gasteiger partial charge in [-0.1, -0.05) is 0 Å². The molecular formula is C19H22N2O5S. The number of carbonyl (C=O) groups is 3. The fraction of sp³-hybridized carbons (Fsp3) is 0.368. The van der Waals surface area contributed by atoms with Gasteiger partial charge in [0.05, 0.1) is 18.8 Å². The quantitative estimate of drug-likeness (QED) is 0.756. The Morgan fingerprint density at radius 3 is 2.26 bits per heavy atom. The monoisotopic (exact) mass is 390 g/mol. The Hall–Kier alpha value is -2.74. The zero-order chi connectivity index (χ0) is 20.1. The van der Waals surface area contributed by atoms with Gasteiger partial charge in [0.25, 0.3) is 5.91 Å². The number of ether oxygens (including phenoxy) is 2. The van der Waals surface area contributed by atoms with Crippen molar-refractivity contribution in [1.82, 2.24) is 4.98 Å². The molecule has 0 aliphatic rings. The molecule has 0 spiro atoms. The van der Waals surface area contributed by atoms with E-state index in [2.05, 4.69) is 10.3 Å². The first-order chi connectivity index (χ1) is 12.8. The number of nitrogens with zero attached hydrogens (tertiary/aromatic N) is 1. The lowest BCUT2D eigenvalue weighted by Crippen LogP contribution is -2.16. The molecule has 8 heteroatoms. The Bertz CT molecular complexity index is 868. The van der Waals surface area contributed by atoms with Crippen molar-refractivity contribution in [2.45, 2.75) is 34.6 Å². The number of thiophene rings is 1. The molecule has 7 nitrogen and oxygen atoms in total. The summed E-state index contributed by atoms with van der Waals surface area (Å²) >= 11 is 0.985. The largest absolute Gasteiger partial charge is 0.462 e. The molecule has 2 rings (SSSR count). The summed E-state index contributed by atoms with van der Waals surface area (Å²) < 4.78 is 10.1. The number of carbonyl (C=O) groups excluding carboxylic acids is 3. The van der Waals surface area contributed by atoms with Crippen LogP contribution in [-0.4, -0.2) is 36.0 Å². The molecule has 1 amide bonds. The summed E-state index contributed by atoms with van der Waals surface area (Å²) in [5.74, 6) is -1.62. The van der Waals surface area contributed by atoms with Gasteiger partial charge in [0.1, 0.15) is 15.6 Å². The minimum atomic E-state index is -0.606. The standard InChI is InChI=1S/C19H22N2O5S/c1-6-25-18(23)14-12(5)15(19(24)26-7-2)27-17(14)21-16(22)13-9-10(3)8-11(4)20-13/h8-9H,6-7H2,1-5H3,(H,21,22). The highest BCUT2D eigenvalue weighted by Crippen LogP contribution is 2.34. The number of rotatable bonds is 6. The number of aromatic nitrogens is 1. The predicted octanol–water partition coefficient (Wildman–Crippen LogP) is 3.67. The van der Waals surface area contributed by atoms with Gasteiger partial charge in [-0.3, -0.25) is 4.79 Å². The second kappa shape index (κ2) is 8.77. The smallest absolute Gasteiger partial charge is 0.348 e. The maximum absolute atomic E-state index is 12.6. The zero-order valence-electron chi connectivity index (χ0n) is 16.0. The van der Waals surface area contributed by atoms with Crippen LogP contribution in [0.25, 0.3) is 0 Å². The number of esters is 2. The van der Waals surface area contributed by atoms with Gasteiger partial charge in [0.2, 0.25) is 0 Å². The molecule has 0 radical (unpaired) electrons. The maximum Gasteiger partial charge on any atom is 0.348 e. The van der Waals surface area contributed by atoms with E-state index in [1.807, 2.05) is 13.0 Å². The molecule has 0 unspecified atom stereocenters. The van der Waals surface area contributed by atoms with Crippen molar-refractivity contribution in [3.05, 3.63) is 45.1 Å². The first-order valence-corrected chi connectivity index (χ1v) is 9.34. The van der Waals surface area contributed by atoms with Crippen LogP contribution in [0.15, 0.2) is 12.1 Å². The molecule has 0 aliphatic carbocycles. The zero-order valence-corrected chi connectivity index (χ0v) is 16.8. The van der Waals surface area contributed by atoms with Crippen LogP contribution in [-0.2, 0) is 9.47 Å². The molecule has 0 saturated heterocycles. The highest BCUT2D eigenvalue weighted by atomic mass is 32.1. The van der Waals surface area contributed by atoms with E-state index in [4.69, 9.17) is 9.47 Å². The number of nitrogens with one attached hydrogen (secondary N) is 1. The van der Waals surface area contributed by atoms with Crippen LogP contribution in [0.1, 0.15) is 61.2 Å². The van der Waals surface area contributed by atoms with E-state index in [0.717, 1.165) is 16.9 Å². The van der Waals surface area contributed by atoms with E-state index in [1.54, 1.807) is 33.8 Å². The van der Waals surface area contributed by atoms with Crippen molar-refractivity contribution < 1.29 is 23.9 Å². The second-order valence-corrected chi connectivity index (χ2v) is 6.85. The fourth-order valence-corrected chi connectivity index (χ4v) is 3.65. The predicted molar refractivity (Wildman–Crippen MR) is 103 cm³/mol. The molecule has 27 heavy (non-hydrogen) atoms. The molecule has 144 valence electrons. The first-order valence-electron chi connectivity index (χ1n) is 8.52. The summed E-state index contributed by atoms with van der Waals surface area (Å²) in [5.41, 5.74) is 2.41. The van der Waals surface area contributed by atoms with E-state index in [9.17, 15) is 14.4 Å². The van der Waals surface area contributed by atoms with Gasteiger partial charge in [-0.2, -0.15) is 0 Å². The van der Waals surface area contributed by atoms with Crippen LogP contribution in [0.4, 0.5) is 5.00 Å². The van der Waals surface area contributed by atoms with Crippen LogP contribution < -0.4 is 5.32 Å². The SMILES string of the molecule is CCOC(=O)c1sc(NC(=O)c2cc(C)cc(C)n2)c(C(=O)OCC)c1C. The summed E-state index contributed by atoms with van der Waals surface area (Å²) in [4.78, 5) is 41.6. The van der Waals surface area contributed by atoms with Crippen LogP contribution in [0.3, 0.4) is 0 Å².